The fourth-order valence-electron chi connectivity index (χ4n) is 3.19. The number of benzene rings is 1. The Morgan fingerprint density at radius 1 is 1.24 bits per heavy atom. The van der Waals surface area contributed by atoms with E-state index in [0.717, 1.165) is 17.3 Å². The van der Waals surface area contributed by atoms with Gasteiger partial charge in [0.1, 0.15) is 29.8 Å². The second kappa shape index (κ2) is 9.23. The number of ether oxygens (including phenoxy) is 2. The number of rotatable bonds is 7. The SMILES string of the molecule is CCc1cc(=O)oc2cc(Oc3ncnc(N(C)CC(=O)OC(C)(C)C)c3[N+](=O)[O-])ccc12. The minimum absolute atomic E-state index is 0.114. The molecule has 0 N–H and O–H groups in total. The molecule has 3 rings (SSSR count). The van der Waals surface area contributed by atoms with E-state index in [1.807, 2.05) is 6.92 Å². The summed E-state index contributed by atoms with van der Waals surface area (Å²) in [5.74, 6) is -0.830. The third-order valence-electron chi connectivity index (χ3n) is 4.50. The highest BCUT2D eigenvalue weighted by atomic mass is 16.6. The van der Waals surface area contributed by atoms with Crippen LogP contribution in [0.5, 0.6) is 11.6 Å². The van der Waals surface area contributed by atoms with Crippen molar-refractivity contribution in [3.8, 4) is 11.6 Å². The van der Waals surface area contributed by atoms with Crippen molar-refractivity contribution in [2.24, 2.45) is 0 Å². The fourth-order valence-corrected chi connectivity index (χ4v) is 3.19. The minimum Gasteiger partial charge on any atom is -0.459 e. The van der Waals surface area contributed by atoms with E-state index in [1.165, 1.54) is 24.1 Å². The number of carbonyl (C=O) groups excluding carboxylic acids is 1. The summed E-state index contributed by atoms with van der Waals surface area (Å²) in [5, 5.41) is 12.6. The van der Waals surface area contributed by atoms with Crippen LogP contribution >= 0.6 is 0 Å². The van der Waals surface area contributed by atoms with Gasteiger partial charge in [0.05, 0.1) is 4.92 Å². The molecule has 2 heterocycles. The van der Waals surface area contributed by atoms with E-state index in [4.69, 9.17) is 13.9 Å². The molecule has 0 atom stereocenters. The second-order valence-electron chi connectivity index (χ2n) is 8.25. The molecule has 0 saturated heterocycles. The van der Waals surface area contributed by atoms with Crippen LogP contribution in [-0.2, 0) is 16.0 Å². The van der Waals surface area contributed by atoms with Gasteiger partial charge < -0.3 is 18.8 Å². The molecule has 0 amide bonds. The van der Waals surface area contributed by atoms with E-state index in [0.29, 0.717) is 6.42 Å². The number of aromatic nitrogens is 2. The number of hydrogen-bond donors (Lipinski definition) is 0. The summed E-state index contributed by atoms with van der Waals surface area (Å²) < 4.78 is 16.2. The van der Waals surface area contributed by atoms with Crippen molar-refractivity contribution in [2.45, 2.75) is 39.7 Å². The number of hydrogen-bond acceptors (Lipinski definition) is 10. The molecule has 2 aromatic heterocycles. The second-order valence-corrected chi connectivity index (χ2v) is 8.25. The number of nitrogens with zero attached hydrogens (tertiary/aromatic N) is 4. The Kier molecular flexibility index (Phi) is 6.61. The zero-order valence-corrected chi connectivity index (χ0v) is 18.9. The van der Waals surface area contributed by atoms with Gasteiger partial charge in [-0.25, -0.2) is 9.78 Å². The summed E-state index contributed by atoms with van der Waals surface area (Å²) in [6, 6.07) is 6.18. The summed E-state index contributed by atoms with van der Waals surface area (Å²) in [6.07, 6.45) is 1.73. The minimum atomic E-state index is -0.702. The summed E-state index contributed by atoms with van der Waals surface area (Å²) in [6.45, 7) is 6.81. The van der Waals surface area contributed by atoms with Gasteiger partial charge in [-0.15, -0.1) is 0 Å². The van der Waals surface area contributed by atoms with Crippen LogP contribution in [0.4, 0.5) is 11.5 Å². The van der Waals surface area contributed by atoms with Gasteiger partial charge in [0.15, 0.2) is 0 Å². The summed E-state index contributed by atoms with van der Waals surface area (Å²) in [4.78, 5) is 44.3. The average Bonchev–Trinajstić information content (AvgIpc) is 2.70. The Bertz CT molecular complexity index is 1260. The lowest BCUT2D eigenvalue weighted by atomic mass is 10.1. The molecule has 0 aliphatic rings. The lowest BCUT2D eigenvalue weighted by molar-refractivity contribution is -0.385. The predicted octanol–water partition coefficient (Wildman–Crippen LogP) is 3.62. The summed E-state index contributed by atoms with van der Waals surface area (Å²) >= 11 is 0. The molecule has 0 radical (unpaired) electrons. The van der Waals surface area contributed by atoms with E-state index in [-0.39, 0.29) is 29.6 Å². The first-order valence-electron chi connectivity index (χ1n) is 10.2. The first kappa shape index (κ1) is 23.6. The number of likely N-dealkylation sites (N-methyl/N-ethyl adjacent to an activating group) is 1. The molecule has 1 aromatic carbocycles. The van der Waals surface area contributed by atoms with Crippen LogP contribution in [0.15, 0.2) is 39.8 Å². The Balaban J connectivity index is 1.95. The maximum atomic E-state index is 12.2. The number of fused-ring (bicyclic) bond motifs is 1. The van der Waals surface area contributed by atoms with Gasteiger partial charge >= 0.3 is 23.2 Å². The molecule has 33 heavy (non-hydrogen) atoms. The standard InChI is InChI=1S/C22H24N4O7/c1-6-13-9-17(27)32-16-10-14(7-8-15(13)16)31-21-19(26(29)30)20(23-12-24-21)25(5)11-18(28)33-22(2,3)4/h7-10,12H,6,11H2,1-5H3. The Morgan fingerprint density at radius 2 is 1.97 bits per heavy atom. The van der Waals surface area contributed by atoms with E-state index < -0.39 is 27.8 Å². The normalized spacial score (nSPS) is 11.3. The molecular weight excluding hydrogens is 432 g/mol. The van der Waals surface area contributed by atoms with E-state index in [2.05, 4.69) is 9.97 Å². The smallest absolute Gasteiger partial charge is 0.373 e. The van der Waals surface area contributed by atoms with Gasteiger partial charge in [0.25, 0.3) is 0 Å². The van der Waals surface area contributed by atoms with E-state index in [9.17, 15) is 19.7 Å². The number of esters is 1. The third kappa shape index (κ3) is 5.62. The molecule has 0 aliphatic carbocycles. The molecule has 0 spiro atoms. The third-order valence-corrected chi connectivity index (χ3v) is 4.50. The largest absolute Gasteiger partial charge is 0.459 e. The molecule has 11 nitrogen and oxygen atoms in total. The van der Waals surface area contributed by atoms with Crippen molar-refractivity contribution in [3.63, 3.8) is 0 Å². The van der Waals surface area contributed by atoms with Gasteiger partial charge in [-0.05, 0) is 44.9 Å². The highest BCUT2D eigenvalue weighted by Crippen LogP contribution is 2.36. The monoisotopic (exact) mass is 456 g/mol. The van der Waals surface area contributed by atoms with Crippen LogP contribution < -0.4 is 15.3 Å². The zero-order valence-electron chi connectivity index (χ0n) is 18.9. The quantitative estimate of drug-likeness (QED) is 0.224. The van der Waals surface area contributed by atoms with Crippen molar-refractivity contribution in [1.82, 2.24) is 9.97 Å². The van der Waals surface area contributed by atoms with Crippen molar-refractivity contribution in [1.29, 1.82) is 0 Å². The molecule has 0 fully saturated rings. The number of anilines is 1. The topological polar surface area (TPSA) is 138 Å². The maximum absolute atomic E-state index is 12.2. The molecule has 0 saturated carbocycles. The summed E-state index contributed by atoms with van der Waals surface area (Å²) in [7, 11) is 1.47. The average molecular weight is 456 g/mol. The zero-order chi connectivity index (χ0) is 24.3. The highest BCUT2D eigenvalue weighted by molar-refractivity contribution is 5.82. The van der Waals surface area contributed by atoms with Crippen LogP contribution in [0.1, 0.15) is 33.3 Å². The van der Waals surface area contributed by atoms with Crippen molar-refractivity contribution >= 4 is 28.4 Å². The van der Waals surface area contributed by atoms with Crippen molar-refractivity contribution in [3.05, 3.63) is 56.7 Å². The van der Waals surface area contributed by atoms with Crippen LogP contribution in [0, 0.1) is 10.1 Å². The van der Waals surface area contributed by atoms with E-state index >= 15 is 0 Å². The van der Waals surface area contributed by atoms with Gasteiger partial charge in [-0.2, -0.15) is 4.98 Å². The van der Waals surface area contributed by atoms with Gasteiger partial charge in [0.2, 0.25) is 5.82 Å². The molecule has 3 aromatic rings. The maximum Gasteiger partial charge on any atom is 0.373 e. The molecular formula is C22H24N4O7. The van der Waals surface area contributed by atoms with Gasteiger partial charge in [-0.1, -0.05) is 6.92 Å². The number of aryl methyl sites for hydroxylation is 1. The van der Waals surface area contributed by atoms with Crippen molar-refractivity contribution < 1.29 is 23.6 Å². The molecule has 0 unspecified atom stereocenters. The highest BCUT2D eigenvalue weighted by Gasteiger charge is 2.29. The Hall–Kier alpha value is -4.02. The number of carbonyl (C=O) groups is 1. The first-order valence-corrected chi connectivity index (χ1v) is 10.2. The van der Waals surface area contributed by atoms with E-state index in [1.54, 1.807) is 32.9 Å². The van der Waals surface area contributed by atoms with Gasteiger partial charge in [0, 0.05) is 24.6 Å². The summed E-state index contributed by atoms with van der Waals surface area (Å²) in [5.41, 5.74) is -0.627. The lowest BCUT2D eigenvalue weighted by Gasteiger charge is -2.23. The van der Waals surface area contributed by atoms with Crippen LogP contribution in [0.3, 0.4) is 0 Å². The lowest BCUT2D eigenvalue weighted by Crippen LogP contribution is -2.33. The van der Waals surface area contributed by atoms with Crippen LogP contribution in [0.2, 0.25) is 0 Å². The number of nitro groups is 1. The first-order chi connectivity index (χ1) is 15.5. The van der Waals surface area contributed by atoms with Crippen LogP contribution in [-0.4, -0.2) is 40.1 Å². The molecule has 174 valence electrons. The van der Waals surface area contributed by atoms with Gasteiger partial charge in [-0.3, -0.25) is 14.9 Å². The molecule has 0 bridgehead atoms. The Morgan fingerprint density at radius 3 is 2.61 bits per heavy atom. The fraction of sp³-hybridized carbons (Fsp3) is 0.364. The molecule has 11 heteroatoms. The van der Waals surface area contributed by atoms with Crippen molar-refractivity contribution in [2.75, 3.05) is 18.5 Å². The Labute approximate surface area is 189 Å². The van der Waals surface area contributed by atoms with Crippen LogP contribution in [0.25, 0.3) is 11.0 Å². The molecule has 0 aliphatic heterocycles. The predicted molar refractivity (Wildman–Crippen MR) is 120 cm³/mol.